The number of hydrogen-bond acceptors (Lipinski definition) is 3. The van der Waals surface area contributed by atoms with Gasteiger partial charge in [-0.1, -0.05) is 18.7 Å². The van der Waals surface area contributed by atoms with Crippen LogP contribution in [0, 0.1) is 0 Å². The third-order valence-corrected chi connectivity index (χ3v) is 0.635. The van der Waals surface area contributed by atoms with Crippen molar-refractivity contribution in [2.45, 2.75) is 0 Å². The number of carboxylic acids is 1. The van der Waals surface area contributed by atoms with Crippen LogP contribution >= 0.6 is 0 Å². The van der Waals surface area contributed by atoms with E-state index in [1.807, 2.05) is 0 Å². The van der Waals surface area contributed by atoms with Crippen molar-refractivity contribution in [3.8, 4) is 0 Å². The van der Waals surface area contributed by atoms with E-state index < -0.39 is 5.97 Å². The summed E-state index contributed by atoms with van der Waals surface area (Å²) in [6, 6.07) is 0. The zero-order chi connectivity index (χ0) is 8.53. The molecule has 0 fully saturated rings. The maximum absolute atomic E-state index is 9.83. The van der Waals surface area contributed by atoms with Gasteiger partial charge in [0.1, 0.15) is 6.21 Å². The normalized spacial score (nSPS) is 11.6. The molecule has 0 saturated heterocycles. The van der Waals surface area contributed by atoms with Gasteiger partial charge in [-0.05, 0) is 6.08 Å². The van der Waals surface area contributed by atoms with Crippen molar-refractivity contribution in [3.05, 3.63) is 24.8 Å². The number of carboxylic acid groups (broad SMARTS) is 1. The van der Waals surface area contributed by atoms with Crippen LogP contribution in [0.3, 0.4) is 0 Å². The average molecular weight is 152 g/mol. The number of aliphatic carboxylic acids is 1. The molecule has 0 saturated carbocycles. The Hall–Kier alpha value is -1.71. The van der Waals surface area contributed by atoms with Gasteiger partial charge in [0.15, 0.2) is 0 Å². The van der Waals surface area contributed by atoms with Gasteiger partial charge in [0, 0.05) is 6.21 Å². The maximum Gasteiger partial charge on any atom is 0.348 e. The minimum absolute atomic E-state index is 0.707. The highest BCUT2D eigenvalue weighted by atomic mass is 16.4. The van der Waals surface area contributed by atoms with Gasteiger partial charge in [0.25, 0.3) is 0 Å². The summed E-state index contributed by atoms with van der Waals surface area (Å²) in [6.45, 7) is 3.43. The van der Waals surface area contributed by atoms with Crippen LogP contribution < -0.4 is 0 Å². The molecule has 0 atom stereocenters. The number of allylic oxidation sites excluding steroid dienone is 3. The molecule has 0 radical (unpaired) electrons. The smallest absolute Gasteiger partial charge is 0.348 e. The van der Waals surface area contributed by atoms with E-state index in [9.17, 15) is 4.79 Å². The van der Waals surface area contributed by atoms with E-state index in [2.05, 4.69) is 16.8 Å². The van der Waals surface area contributed by atoms with E-state index in [0.717, 1.165) is 0 Å². The number of hydrogen-bond donors (Lipinski definition) is 1. The van der Waals surface area contributed by atoms with Crippen LogP contribution in [0.15, 0.2) is 35.0 Å². The zero-order valence-electron chi connectivity index (χ0n) is 5.84. The summed E-state index contributed by atoms with van der Waals surface area (Å²) in [5.74, 6) is -1.12. The number of rotatable bonds is 4. The molecule has 11 heavy (non-hydrogen) atoms. The zero-order valence-corrected chi connectivity index (χ0v) is 5.84. The topological polar surface area (TPSA) is 62.0 Å². The van der Waals surface area contributed by atoms with Crippen LogP contribution in [0.4, 0.5) is 0 Å². The summed E-state index contributed by atoms with van der Waals surface area (Å²) >= 11 is 0. The lowest BCUT2D eigenvalue weighted by atomic mass is 10.5. The lowest BCUT2D eigenvalue weighted by molar-refractivity contribution is -0.128. The minimum Gasteiger partial charge on any atom is -0.477 e. The summed E-state index contributed by atoms with van der Waals surface area (Å²) in [5, 5.41) is 14.6. The van der Waals surface area contributed by atoms with Crippen LogP contribution in [0.2, 0.25) is 0 Å². The third-order valence-electron chi connectivity index (χ3n) is 0.635. The quantitative estimate of drug-likeness (QED) is 0.369. The third kappa shape index (κ3) is 8.29. The molecule has 4 nitrogen and oxygen atoms in total. The van der Waals surface area contributed by atoms with E-state index in [1.165, 1.54) is 6.21 Å². The highest BCUT2D eigenvalue weighted by Crippen LogP contribution is 1.71. The lowest BCUT2D eigenvalue weighted by Crippen LogP contribution is -1.93. The molecule has 0 aromatic carbocycles. The second-order valence-corrected chi connectivity index (χ2v) is 1.47. The molecule has 58 valence electrons. The summed E-state index contributed by atoms with van der Waals surface area (Å²) in [6.07, 6.45) is 6.89. The van der Waals surface area contributed by atoms with E-state index in [1.54, 1.807) is 18.2 Å². The molecule has 0 aliphatic heterocycles. The lowest BCUT2D eigenvalue weighted by Gasteiger charge is -1.73. The summed E-state index contributed by atoms with van der Waals surface area (Å²) in [4.78, 5) is 9.83. The molecule has 0 bridgehead atoms. The van der Waals surface area contributed by atoms with Crippen molar-refractivity contribution in [1.82, 2.24) is 0 Å². The standard InChI is InChI=1S/C7H8N2O2/c1-2-3-4-5-8-9-6-7(10)11/h2-6H,1H2,(H,10,11)/b4-3-,8-5-,9-6+. The Balaban J connectivity index is 3.68. The van der Waals surface area contributed by atoms with Crippen LogP contribution in [0.5, 0.6) is 0 Å². The van der Waals surface area contributed by atoms with Gasteiger partial charge in [0.2, 0.25) is 0 Å². The van der Waals surface area contributed by atoms with Gasteiger partial charge in [-0.2, -0.15) is 10.2 Å². The highest BCUT2D eigenvalue weighted by Gasteiger charge is 1.81. The average Bonchev–Trinajstić information content (AvgIpc) is 1.96. The van der Waals surface area contributed by atoms with Crippen molar-refractivity contribution in [2.75, 3.05) is 0 Å². The first-order chi connectivity index (χ1) is 5.27. The van der Waals surface area contributed by atoms with Gasteiger partial charge in [-0.15, -0.1) is 0 Å². The van der Waals surface area contributed by atoms with Gasteiger partial charge >= 0.3 is 5.97 Å². The van der Waals surface area contributed by atoms with Crippen molar-refractivity contribution in [3.63, 3.8) is 0 Å². The number of carbonyl (C=O) groups is 1. The van der Waals surface area contributed by atoms with Crippen molar-refractivity contribution in [1.29, 1.82) is 0 Å². The first-order valence-electron chi connectivity index (χ1n) is 2.84. The Kier molecular flexibility index (Phi) is 5.41. The van der Waals surface area contributed by atoms with Gasteiger partial charge in [-0.3, -0.25) is 0 Å². The van der Waals surface area contributed by atoms with Crippen LogP contribution in [0.1, 0.15) is 0 Å². The van der Waals surface area contributed by atoms with Crippen LogP contribution in [-0.4, -0.2) is 23.5 Å². The van der Waals surface area contributed by atoms with E-state index in [-0.39, 0.29) is 0 Å². The molecular weight excluding hydrogens is 144 g/mol. The largest absolute Gasteiger partial charge is 0.477 e. The van der Waals surface area contributed by atoms with Crippen LogP contribution in [-0.2, 0) is 4.79 Å². The Morgan fingerprint density at radius 1 is 1.36 bits per heavy atom. The summed E-state index contributed by atoms with van der Waals surface area (Å²) < 4.78 is 0. The van der Waals surface area contributed by atoms with E-state index in [4.69, 9.17) is 5.11 Å². The fraction of sp³-hybridized carbons (Fsp3) is 0. The maximum atomic E-state index is 9.83. The SMILES string of the molecule is C=C\C=C/C=N\N=C\C(=O)O. The van der Waals surface area contributed by atoms with Gasteiger partial charge in [-0.25, -0.2) is 4.79 Å². The number of nitrogens with zero attached hydrogens (tertiary/aromatic N) is 2. The van der Waals surface area contributed by atoms with Crippen molar-refractivity contribution < 1.29 is 9.90 Å². The molecule has 0 aliphatic carbocycles. The Labute approximate surface area is 64.3 Å². The van der Waals surface area contributed by atoms with Crippen molar-refractivity contribution in [2.24, 2.45) is 10.2 Å². The molecule has 0 aromatic rings. The summed E-state index contributed by atoms with van der Waals surface area (Å²) in [5.41, 5.74) is 0. The molecule has 1 N–H and O–H groups in total. The van der Waals surface area contributed by atoms with E-state index in [0.29, 0.717) is 6.21 Å². The second kappa shape index (κ2) is 6.41. The predicted octanol–water partition coefficient (Wildman–Crippen LogP) is 0.870. The molecule has 0 aliphatic rings. The highest BCUT2D eigenvalue weighted by molar-refractivity contribution is 6.21. The van der Waals surface area contributed by atoms with Gasteiger partial charge < -0.3 is 5.11 Å². The second-order valence-electron chi connectivity index (χ2n) is 1.47. The molecule has 0 amide bonds. The van der Waals surface area contributed by atoms with E-state index >= 15 is 0 Å². The van der Waals surface area contributed by atoms with Gasteiger partial charge in [0.05, 0.1) is 0 Å². The Bertz CT molecular complexity index is 216. The molecule has 0 heterocycles. The first kappa shape index (κ1) is 9.29. The fourth-order valence-electron chi connectivity index (χ4n) is 0.288. The Morgan fingerprint density at radius 2 is 2.09 bits per heavy atom. The summed E-state index contributed by atoms with van der Waals surface area (Å²) in [7, 11) is 0. The minimum atomic E-state index is -1.12. The monoisotopic (exact) mass is 152 g/mol. The first-order valence-corrected chi connectivity index (χ1v) is 2.84. The molecule has 0 spiro atoms. The Morgan fingerprint density at radius 3 is 2.64 bits per heavy atom. The molecular formula is C7H8N2O2. The fourth-order valence-corrected chi connectivity index (χ4v) is 0.288. The molecule has 0 aromatic heterocycles. The predicted molar refractivity (Wildman–Crippen MR) is 44.0 cm³/mol. The molecule has 0 rings (SSSR count). The van der Waals surface area contributed by atoms with Crippen molar-refractivity contribution >= 4 is 18.4 Å². The molecule has 4 heteroatoms. The molecule has 0 unspecified atom stereocenters. The van der Waals surface area contributed by atoms with Crippen LogP contribution in [0.25, 0.3) is 0 Å².